The third-order valence-corrected chi connectivity index (χ3v) is 3.93. The highest BCUT2D eigenvalue weighted by atomic mass is 16.5. The molecule has 22 heavy (non-hydrogen) atoms. The molecule has 5 heteroatoms. The molecule has 1 heterocycles. The minimum atomic E-state index is -1.27. The molecule has 1 aliphatic heterocycles. The molecule has 1 aromatic carbocycles. The van der Waals surface area contributed by atoms with Crippen molar-refractivity contribution in [3.63, 3.8) is 0 Å². The molecule has 3 N–H and O–H groups in total. The molecule has 0 saturated heterocycles. The normalized spacial score (nSPS) is 22.4. The molecule has 0 amide bonds. The molecule has 0 saturated carbocycles. The summed E-state index contributed by atoms with van der Waals surface area (Å²) >= 11 is 0. The summed E-state index contributed by atoms with van der Waals surface area (Å²) in [6.45, 7) is 5.55. The predicted molar refractivity (Wildman–Crippen MR) is 82.2 cm³/mol. The molecule has 2 rings (SSSR count). The van der Waals surface area contributed by atoms with Crippen molar-refractivity contribution in [2.45, 2.75) is 51.4 Å². The number of hydrogen-bond donors (Lipinski definition) is 3. The lowest BCUT2D eigenvalue weighted by atomic mass is 9.88. The number of carbonyl (C=O) groups excluding carboxylic acids is 1. The Bertz CT molecular complexity index is 599. The van der Waals surface area contributed by atoms with E-state index in [0.29, 0.717) is 19.1 Å². The van der Waals surface area contributed by atoms with Crippen molar-refractivity contribution in [1.29, 1.82) is 0 Å². The Labute approximate surface area is 129 Å². The summed E-state index contributed by atoms with van der Waals surface area (Å²) in [6.07, 6.45) is 1.64. The number of rotatable bonds is 5. The summed E-state index contributed by atoms with van der Waals surface area (Å²) in [4.78, 5) is 10.8. The van der Waals surface area contributed by atoms with E-state index in [-0.39, 0.29) is 22.6 Å². The van der Waals surface area contributed by atoms with Gasteiger partial charge in [-0.2, -0.15) is 0 Å². The van der Waals surface area contributed by atoms with E-state index in [2.05, 4.69) is 0 Å². The molecule has 0 aromatic heterocycles. The molecule has 0 radical (unpaired) electrons. The van der Waals surface area contributed by atoms with Gasteiger partial charge in [0.15, 0.2) is 6.10 Å². The first-order valence-electron chi connectivity index (χ1n) is 7.29. The first-order chi connectivity index (χ1) is 10.3. The summed E-state index contributed by atoms with van der Waals surface area (Å²) in [6, 6.07) is 2.73. The van der Waals surface area contributed by atoms with E-state index < -0.39 is 17.8 Å². The lowest BCUT2D eigenvalue weighted by molar-refractivity contribution is -0.0914. The molecule has 1 aliphatic rings. The molecule has 0 bridgehead atoms. The summed E-state index contributed by atoms with van der Waals surface area (Å²) < 4.78 is 5.63. The van der Waals surface area contributed by atoms with E-state index in [4.69, 9.17) is 4.74 Å². The molecule has 0 aliphatic carbocycles. The number of aldehydes is 1. The second-order valence-corrected chi connectivity index (χ2v) is 6.23. The molecule has 0 spiro atoms. The van der Waals surface area contributed by atoms with Crippen molar-refractivity contribution >= 4 is 6.29 Å². The fourth-order valence-electron chi connectivity index (χ4n) is 2.71. The van der Waals surface area contributed by atoms with E-state index in [0.717, 1.165) is 5.57 Å². The molecule has 0 fully saturated rings. The number of carbonyl (C=O) groups is 1. The number of benzene rings is 1. The average molecular weight is 306 g/mol. The summed E-state index contributed by atoms with van der Waals surface area (Å²) in [5.41, 5.74) is 0.365. The van der Waals surface area contributed by atoms with Crippen LogP contribution in [0.5, 0.6) is 11.5 Å². The molecule has 0 unspecified atom stereocenters. The van der Waals surface area contributed by atoms with Gasteiger partial charge in [-0.1, -0.05) is 11.6 Å². The number of aliphatic hydroxyl groups is 2. The number of ether oxygens (including phenoxy) is 1. The van der Waals surface area contributed by atoms with E-state index in [9.17, 15) is 20.1 Å². The Balaban J connectivity index is 2.23. The van der Waals surface area contributed by atoms with Gasteiger partial charge >= 0.3 is 0 Å². The number of phenolic OH excluding ortho intramolecular Hbond substituents is 1. The van der Waals surface area contributed by atoms with Gasteiger partial charge in [-0.05, 0) is 45.7 Å². The van der Waals surface area contributed by atoms with Crippen LogP contribution in [0, 0.1) is 0 Å². The van der Waals surface area contributed by atoms with Crippen LogP contribution in [0.2, 0.25) is 0 Å². The van der Waals surface area contributed by atoms with Crippen LogP contribution in [0.4, 0.5) is 0 Å². The van der Waals surface area contributed by atoms with Crippen molar-refractivity contribution in [2.75, 3.05) is 0 Å². The van der Waals surface area contributed by atoms with Gasteiger partial charge in [0, 0.05) is 5.56 Å². The molecule has 120 valence electrons. The zero-order valence-corrected chi connectivity index (χ0v) is 13.0. The zero-order chi connectivity index (χ0) is 16.5. The van der Waals surface area contributed by atoms with Gasteiger partial charge in [-0.3, -0.25) is 4.79 Å². The quantitative estimate of drug-likeness (QED) is 0.575. The minimum Gasteiger partial charge on any atom is -0.507 e. The molecule has 1 aromatic rings. The number of aromatic hydroxyl groups is 1. The molecular weight excluding hydrogens is 284 g/mol. The topological polar surface area (TPSA) is 87.0 Å². The van der Waals surface area contributed by atoms with Crippen molar-refractivity contribution < 1.29 is 24.9 Å². The van der Waals surface area contributed by atoms with Gasteiger partial charge < -0.3 is 20.1 Å². The monoisotopic (exact) mass is 306 g/mol. The van der Waals surface area contributed by atoms with Crippen LogP contribution in [0.1, 0.15) is 55.6 Å². The molecule has 5 nitrogen and oxygen atoms in total. The van der Waals surface area contributed by atoms with Crippen LogP contribution >= 0.6 is 0 Å². The van der Waals surface area contributed by atoms with Gasteiger partial charge in [0.1, 0.15) is 29.5 Å². The van der Waals surface area contributed by atoms with E-state index in [1.54, 1.807) is 6.92 Å². The standard InChI is InChI=1S/C17H22O5/c1-10(2)5-4-6-17(3,21)16-15(20)14-12(19)7-11(9-18)8-13(14)22-16/h5,7-9,15-16,19-21H,4,6H2,1-3H3/t15-,16-,17+/m1/s1. The number of allylic oxidation sites excluding steroid dienone is 2. The lowest BCUT2D eigenvalue weighted by Crippen LogP contribution is -2.44. The fraction of sp³-hybridized carbons (Fsp3) is 0.471. The second kappa shape index (κ2) is 6.10. The highest BCUT2D eigenvalue weighted by molar-refractivity contribution is 5.77. The van der Waals surface area contributed by atoms with Gasteiger partial charge in [-0.15, -0.1) is 0 Å². The maximum atomic E-state index is 10.8. The summed E-state index contributed by atoms with van der Waals surface area (Å²) in [5.74, 6) is 0.0387. The summed E-state index contributed by atoms with van der Waals surface area (Å²) in [5, 5.41) is 31.0. The third-order valence-electron chi connectivity index (χ3n) is 3.93. The zero-order valence-electron chi connectivity index (χ0n) is 13.0. The first kappa shape index (κ1) is 16.5. The van der Waals surface area contributed by atoms with Gasteiger partial charge in [0.05, 0.1) is 5.56 Å². The Kier molecular flexibility index (Phi) is 4.58. The Hall–Kier alpha value is -1.85. The van der Waals surface area contributed by atoms with Crippen LogP contribution in [0.25, 0.3) is 0 Å². The van der Waals surface area contributed by atoms with E-state index >= 15 is 0 Å². The van der Waals surface area contributed by atoms with Gasteiger partial charge in [0.25, 0.3) is 0 Å². The maximum absolute atomic E-state index is 10.8. The van der Waals surface area contributed by atoms with Crippen LogP contribution < -0.4 is 4.74 Å². The highest BCUT2D eigenvalue weighted by Gasteiger charge is 2.46. The summed E-state index contributed by atoms with van der Waals surface area (Å²) in [7, 11) is 0. The van der Waals surface area contributed by atoms with E-state index in [1.807, 2.05) is 19.9 Å². The highest BCUT2D eigenvalue weighted by Crippen LogP contribution is 2.46. The Morgan fingerprint density at radius 2 is 2.09 bits per heavy atom. The lowest BCUT2D eigenvalue weighted by Gasteiger charge is -2.31. The number of phenols is 1. The first-order valence-corrected chi connectivity index (χ1v) is 7.29. The largest absolute Gasteiger partial charge is 0.507 e. The minimum absolute atomic E-state index is 0.199. The maximum Gasteiger partial charge on any atom is 0.157 e. The Morgan fingerprint density at radius 1 is 1.41 bits per heavy atom. The van der Waals surface area contributed by atoms with Crippen LogP contribution in [-0.4, -0.2) is 33.3 Å². The van der Waals surface area contributed by atoms with Crippen LogP contribution in [0.15, 0.2) is 23.8 Å². The van der Waals surface area contributed by atoms with Gasteiger partial charge in [0.2, 0.25) is 0 Å². The number of hydrogen-bond acceptors (Lipinski definition) is 5. The van der Waals surface area contributed by atoms with Crippen molar-refractivity contribution in [2.24, 2.45) is 0 Å². The van der Waals surface area contributed by atoms with Crippen LogP contribution in [0.3, 0.4) is 0 Å². The fourth-order valence-corrected chi connectivity index (χ4v) is 2.71. The SMILES string of the molecule is CC(C)=CCC[C@](C)(O)[C@@H]1Oc2cc(C=O)cc(O)c2[C@H]1O. The van der Waals surface area contributed by atoms with Crippen LogP contribution in [-0.2, 0) is 0 Å². The van der Waals surface area contributed by atoms with Crippen molar-refractivity contribution in [3.05, 3.63) is 34.9 Å². The average Bonchev–Trinajstić information content (AvgIpc) is 2.76. The number of fused-ring (bicyclic) bond motifs is 1. The van der Waals surface area contributed by atoms with E-state index in [1.165, 1.54) is 12.1 Å². The van der Waals surface area contributed by atoms with Crippen molar-refractivity contribution in [3.8, 4) is 11.5 Å². The second-order valence-electron chi connectivity index (χ2n) is 6.23. The predicted octanol–water partition coefficient (Wildman–Crippen LogP) is 2.50. The smallest absolute Gasteiger partial charge is 0.157 e. The van der Waals surface area contributed by atoms with Gasteiger partial charge in [-0.25, -0.2) is 0 Å². The number of aliphatic hydroxyl groups excluding tert-OH is 1. The molecular formula is C17H22O5. The Morgan fingerprint density at radius 3 is 2.68 bits per heavy atom. The third kappa shape index (κ3) is 3.15. The van der Waals surface area contributed by atoms with Crippen molar-refractivity contribution in [1.82, 2.24) is 0 Å². The molecule has 3 atom stereocenters.